The topological polar surface area (TPSA) is 77.3 Å². The Morgan fingerprint density at radius 3 is 2.33 bits per heavy atom. The molecule has 0 heterocycles. The summed E-state index contributed by atoms with van der Waals surface area (Å²) >= 11 is 0. The van der Waals surface area contributed by atoms with Crippen molar-refractivity contribution in [3.8, 4) is 0 Å². The Bertz CT molecular complexity index is 547. The second kappa shape index (κ2) is 5.06. The Labute approximate surface area is 106 Å². The highest BCUT2D eigenvalue weighted by Gasteiger charge is 2.33. The summed E-state index contributed by atoms with van der Waals surface area (Å²) in [6.45, 7) is 0. The van der Waals surface area contributed by atoms with Crippen molar-refractivity contribution in [3.05, 3.63) is 34.4 Å². The maximum Gasteiger partial charge on any atom is 0.287 e. The van der Waals surface area contributed by atoms with Crippen LogP contribution in [0.1, 0.15) is 32.1 Å². The predicted molar refractivity (Wildman–Crippen MR) is 67.2 cm³/mol. The molecular weight excluding hydrogens is 254 g/mol. The van der Waals surface area contributed by atoms with Gasteiger partial charge < -0.3 is 0 Å². The summed E-state index contributed by atoms with van der Waals surface area (Å²) in [6, 6.07) is 5.60. The molecule has 0 spiro atoms. The van der Waals surface area contributed by atoms with Crippen LogP contribution in [0.3, 0.4) is 0 Å². The molecule has 18 heavy (non-hydrogen) atoms. The average molecular weight is 269 g/mol. The number of benzene rings is 1. The molecular formula is C12H15NO4S. The molecule has 1 aliphatic rings. The number of nitrogens with zero attached hydrogens (tertiary/aromatic N) is 1. The largest absolute Gasteiger partial charge is 0.287 e. The molecule has 1 aliphatic carbocycles. The van der Waals surface area contributed by atoms with Gasteiger partial charge in [-0.15, -0.1) is 0 Å². The highest BCUT2D eigenvalue weighted by atomic mass is 32.2. The SMILES string of the molecule is O=[N+]([O-])c1ccccc1S(=O)(=O)C1CCCCC1. The summed E-state index contributed by atoms with van der Waals surface area (Å²) in [5, 5.41) is 10.4. The Hall–Kier alpha value is -1.43. The fraction of sp³-hybridized carbons (Fsp3) is 0.500. The van der Waals surface area contributed by atoms with Crippen molar-refractivity contribution in [1.29, 1.82) is 0 Å². The standard InChI is InChI=1S/C12H15NO4S/c14-13(15)11-8-4-5-9-12(11)18(16,17)10-6-2-1-3-7-10/h4-5,8-10H,1-3,6-7H2. The molecule has 6 heteroatoms. The van der Waals surface area contributed by atoms with Crippen LogP contribution in [0.25, 0.3) is 0 Å². The Morgan fingerprint density at radius 2 is 1.72 bits per heavy atom. The molecule has 0 radical (unpaired) electrons. The van der Waals surface area contributed by atoms with Gasteiger partial charge in [0.1, 0.15) is 4.90 Å². The summed E-state index contributed by atoms with van der Waals surface area (Å²) in [4.78, 5) is 10.1. The minimum Gasteiger partial charge on any atom is -0.258 e. The van der Waals surface area contributed by atoms with E-state index in [1.807, 2.05) is 0 Å². The third-order valence-electron chi connectivity index (χ3n) is 3.36. The molecule has 98 valence electrons. The van der Waals surface area contributed by atoms with Gasteiger partial charge in [0.05, 0.1) is 10.2 Å². The lowest BCUT2D eigenvalue weighted by Gasteiger charge is -2.21. The van der Waals surface area contributed by atoms with E-state index >= 15 is 0 Å². The zero-order valence-electron chi connectivity index (χ0n) is 9.91. The Balaban J connectivity index is 2.43. The molecule has 0 bridgehead atoms. The van der Waals surface area contributed by atoms with Gasteiger partial charge in [-0.3, -0.25) is 10.1 Å². The molecule has 5 nitrogen and oxygen atoms in total. The average Bonchev–Trinajstić information content (AvgIpc) is 2.39. The molecule has 0 saturated heterocycles. The molecule has 0 atom stereocenters. The van der Waals surface area contributed by atoms with Gasteiger partial charge in [0, 0.05) is 6.07 Å². The first-order chi connectivity index (χ1) is 8.53. The first-order valence-corrected chi connectivity index (χ1v) is 7.55. The summed E-state index contributed by atoms with van der Waals surface area (Å²) in [5.74, 6) is 0. The Kier molecular flexibility index (Phi) is 3.65. The number of rotatable bonds is 3. The van der Waals surface area contributed by atoms with Gasteiger partial charge >= 0.3 is 0 Å². The third-order valence-corrected chi connectivity index (χ3v) is 5.67. The lowest BCUT2D eigenvalue weighted by atomic mass is 10.0. The summed E-state index contributed by atoms with van der Waals surface area (Å²) < 4.78 is 24.8. The molecule has 1 saturated carbocycles. The third kappa shape index (κ3) is 2.38. The summed E-state index contributed by atoms with van der Waals surface area (Å²) in [6.07, 6.45) is 4.01. The van der Waals surface area contributed by atoms with Crippen LogP contribution in [0.4, 0.5) is 5.69 Å². The van der Waals surface area contributed by atoms with E-state index in [-0.39, 0.29) is 10.6 Å². The molecule has 1 aromatic carbocycles. The lowest BCUT2D eigenvalue weighted by Crippen LogP contribution is -2.24. The fourth-order valence-electron chi connectivity index (χ4n) is 2.40. The quantitative estimate of drug-likeness (QED) is 0.624. The van der Waals surface area contributed by atoms with Crippen LogP contribution < -0.4 is 0 Å². The minimum atomic E-state index is -3.58. The van der Waals surface area contributed by atoms with Gasteiger partial charge in [-0.2, -0.15) is 0 Å². The first-order valence-electron chi connectivity index (χ1n) is 6.01. The lowest BCUT2D eigenvalue weighted by molar-refractivity contribution is -0.387. The first kappa shape index (κ1) is 13.0. The van der Waals surface area contributed by atoms with Gasteiger partial charge in [-0.25, -0.2) is 8.42 Å². The van der Waals surface area contributed by atoms with E-state index in [0.717, 1.165) is 19.3 Å². The van der Waals surface area contributed by atoms with E-state index in [0.29, 0.717) is 12.8 Å². The molecule has 1 aromatic rings. The molecule has 0 unspecified atom stereocenters. The van der Waals surface area contributed by atoms with Crippen molar-refractivity contribution in [3.63, 3.8) is 0 Å². The zero-order valence-corrected chi connectivity index (χ0v) is 10.7. The van der Waals surface area contributed by atoms with Crippen LogP contribution in [0.2, 0.25) is 0 Å². The van der Waals surface area contributed by atoms with Gasteiger partial charge in [0.25, 0.3) is 5.69 Å². The number of nitro benzene ring substituents is 1. The van der Waals surface area contributed by atoms with Gasteiger partial charge in [0.2, 0.25) is 0 Å². The second-order valence-corrected chi connectivity index (χ2v) is 6.73. The van der Waals surface area contributed by atoms with Crippen LogP contribution >= 0.6 is 0 Å². The maximum atomic E-state index is 12.4. The molecule has 2 rings (SSSR count). The van der Waals surface area contributed by atoms with Crippen LogP contribution in [-0.2, 0) is 9.84 Å². The van der Waals surface area contributed by atoms with Crippen LogP contribution in [0.15, 0.2) is 29.2 Å². The van der Waals surface area contributed by atoms with E-state index in [4.69, 9.17) is 0 Å². The number of hydrogen-bond donors (Lipinski definition) is 0. The maximum absolute atomic E-state index is 12.4. The van der Waals surface area contributed by atoms with Crippen molar-refractivity contribution in [2.75, 3.05) is 0 Å². The highest BCUT2D eigenvalue weighted by molar-refractivity contribution is 7.92. The number of hydrogen-bond acceptors (Lipinski definition) is 4. The van der Waals surface area contributed by atoms with Crippen LogP contribution in [-0.4, -0.2) is 18.6 Å². The minimum absolute atomic E-state index is 0.137. The summed E-state index contributed by atoms with van der Waals surface area (Å²) in [7, 11) is -3.58. The van der Waals surface area contributed by atoms with Gasteiger partial charge in [0.15, 0.2) is 9.84 Å². The molecule has 0 N–H and O–H groups in total. The van der Waals surface area contributed by atoms with E-state index in [9.17, 15) is 18.5 Å². The van der Waals surface area contributed by atoms with E-state index < -0.39 is 20.0 Å². The predicted octanol–water partition coefficient (Wildman–Crippen LogP) is 2.70. The van der Waals surface area contributed by atoms with Crippen LogP contribution in [0, 0.1) is 10.1 Å². The summed E-state index contributed by atoms with van der Waals surface area (Å²) in [5.41, 5.74) is -0.317. The smallest absolute Gasteiger partial charge is 0.258 e. The molecule has 0 aliphatic heterocycles. The number of sulfone groups is 1. The van der Waals surface area contributed by atoms with Crippen molar-refractivity contribution in [2.24, 2.45) is 0 Å². The molecule has 0 amide bonds. The second-order valence-electron chi connectivity index (χ2n) is 4.53. The van der Waals surface area contributed by atoms with Crippen molar-refractivity contribution in [2.45, 2.75) is 42.2 Å². The van der Waals surface area contributed by atoms with Crippen LogP contribution in [0.5, 0.6) is 0 Å². The number of nitro groups is 1. The van der Waals surface area contributed by atoms with Crippen molar-refractivity contribution < 1.29 is 13.3 Å². The molecule has 0 aromatic heterocycles. The van der Waals surface area contributed by atoms with Crippen molar-refractivity contribution >= 4 is 15.5 Å². The molecule has 1 fully saturated rings. The normalized spacial score (nSPS) is 17.6. The monoisotopic (exact) mass is 269 g/mol. The van der Waals surface area contributed by atoms with Gasteiger partial charge in [-0.1, -0.05) is 31.4 Å². The van der Waals surface area contributed by atoms with Crippen molar-refractivity contribution in [1.82, 2.24) is 0 Å². The fourth-order valence-corrected chi connectivity index (χ4v) is 4.42. The zero-order chi connectivity index (χ0) is 13.2. The Morgan fingerprint density at radius 1 is 1.11 bits per heavy atom. The highest BCUT2D eigenvalue weighted by Crippen LogP contribution is 2.32. The van der Waals surface area contributed by atoms with E-state index in [2.05, 4.69) is 0 Å². The van der Waals surface area contributed by atoms with E-state index in [1.54, 1.807) is 0 Å². The number of para-hydroxylation sites is 1. The van der Waals surface area contributed by atoms with Gasteiger partial charge in [-0.05, 0) is 18.9 Å². The van der Waals surface area contributed by atoms with E-state index in [1.165, 1.54) is 24.3 Å².